The lowest BCUT2D eigenvalue weighted by Crippen LogP contribution is -2.12. The molecule has 0 aliphatic carbocycles. The first-order chi connectivity index (χ1) is 8.61. The van der Waals surface area contributed by atoms with Gasteiger partial charge in [0, 0.05) is 16.4 Å². The Kier molecular flexibility index (Phi) is 4.26. The second kappa shape index (κ2) is 5.73. The zero-order valence-corrected chi connectivity index (χ0v) is 12.2. The third-order valence-electron chi connectivity index (χ3n) is 2.48. The Hall–Kier alpha value is -1.05. The van der Waals surface area contributed by atoms with E-state index in [1.807, 2.05) is 18.2 Å². The van der Waals surface area contributed by atoms with Crippen LogP contribution in [0, 0.1) is 0 Å². The molecule has 1 aromatic heterocycles. The van der Waals surface area contributed by atoms with Crippen LogP contribution >= 0.6 is 27.7 Å². The molecule has 5 nitrogen and oxygen atoms in total. The standard InChI is InChI=1S/C11H13BrN4OS/c1-16-10(17)14-15-11(16)18-9-3-2-8(12)6-7(9)4-5-13/h2-3,6H,4-5,13H2,1H3,(H,14,17). The maximum Gasteiger partial charge on any atom is 0.343 e. The van der Waals surface area contributed by atoms with Gasteiger partial charge >= 0.3 is 5.69 Å². The van der Waals surface area contributed by atoms with E-state index in [0.717, 1.165) is 21.4 Å². The van der Waals surface area contributed by atoms with Gasteiger partial charge in [-0.15, -0.1) is 5.10 Å². The molecular formula is C11H13BrN4OS. The molecular weight excluding hydrogens is 316 g/mol. The van der Waals surface area contributed by atoms with Crippen molar-refractivity contribution < 1.29 is 0 Å². The van der Waals surface area contributed by atoms with E-state index in [0.29, 0.717) is 11.7 Å². The summed E-state index contributed by atoms with van der Waals surface area (Å²) in [5.74, 6) is 0. The van der Waals surface area contributed by atoms with Crippen molar-refractivity contribution in [2.24, 2.45) is 12.8 Å². The fourth-order valence-electron chi connectivity index (χ4n) is 1.52. The molecule has 3 N–H and O–H groups in total. The van der Waals surface area contributed by atoms with Gasteiger partial charge in [0.15, 0.2) is 5.16 Å². The van der Waals surface area contributed by atoms with Crippen molar-refractivity contribution in [1.29, 1.82) is 0 Å². The van der Waals surface area contributed by atoms with Crippen LogP contribution in [0.2, 0.25) is 0 Å². The van der Waals surface area contributed by atoms with Gasteiger partial charge in [-0.1, -0.05) is 15.9 Å². The molecule has 0 saturated heterocycles. The Balaban J connectivity index is 2.33. The number of nitrogens with zero attached hydrogens (tertiary/aromatic N) is 2. The monoisotopic (exact) mass is 328 g/mol. The van der Waals surface area contributed by atoms with Crippen molar-refractivity contribution in [3.05, 3.63) is 38.7 Å². The van der Waals surface area contributed by atoms with Gasteiger partial charge in [-0.05, 0) is 48.5 Å². The number of nitrogens with two attached hydrogens (primary N) is 1. The lowest BCUT2D eigenvalue weighted by atomic mass is 10.1. The average molecular weight is 329 g/mol. The Morgan fingerprint density at radius 3 is 2.94 bits per heavy atom. The minimum atomic E-state index is -0.213. The van der Waals surface area contributed by atoms with Crippen molar-refractivity contribution in [2.75, 3.05) is 6.54 Å². The van der Waals surface area contributed by atoms with Gasteiger partial charge in [-0.2, -0.15) is 0 Å². The second-order valence-electron chi connectivity index (χ2n) is 3.76. The van der Waals surface area contributed by atoms with Crippen molar-refractivity contribution in [1.82, 2.24) is 14.8 Å². The molecule has 0 fully saturated rings. The molecule has 0 saturated carbocycles. The molecule has 96 valence electrons. The van der Waals surface area contributed by atoms with Crippen LogP contribution in [0.4, 0.5) is 0 Å². The van der Waals surface area contributed by atoms with Gasteiger partial charge in [0.05, 0.1) is 0 Å². The number of halogens is 1. The van der Waals surface area contributed by atoms with Gasteiger partial charge in [0.2, 0.25) is 0 Å². The first-order valence-electron chi connectivity index (χ1n) is 5.39. The average Bonchev–Trinajstić information content (AvgIpc) is 2.65. The van der Waals surface area contributed by atoms with Crippen LogP contribution in [0.5, 0.6) is 0 Å². The zero-order valence-electron chi connectivity index (χ0n) is 9.81. The molecule has 0 atom stereocenters. The molecule has 0 aliphatic heterocycles. The van der Waals surface area contributed by atoms with E-state index in [1.54, 1.807) is 7.05 Å². The third kappa shape index (κ3) is 2.85. The summed E-state index contributed by atoms with van der Waals surface area (Å²) in [5.41, 5.74) is 6.54. The lowest BCUT2D eigenvalue weighted by Gasteiger charge is -2.08. The number of hydrogen-bond donors (Lipinski definition) is 2. The number of nitrogens with one attached hydrogen (secondary N) is 1. The van der Waals surface area contributed by atoms with E-state index in [9.17, 15) is 4.79 Å². The number of benzene rings is 1. The Morgan fingerprint density at radius 1 is 1.56 bits per heavy atom. The maximum atomic E-state index is 11.3. The smallest absolute Gasteiger partial charge is 0.330 e. The molecule has 0 aliphatic rings. The summed E-state index contributed by atoms with van der Waals surface area (Å²) >= 11 is 4.90. The van der Waals surface area contributed by atoms with Crippen LogP contribution in [0.15, 0.2) is 37.5 Å². The fourth-order valence-corrected chi connectivity index (χ4v) is 2.87. The summed E-state index contributed by atoms with van der Waals surface area (Å²) in [6, 6.07) is 6.01. The minimum Gasteiger partial charge on any atom is -0.330 e. The van der Waals surface area contributed by atoms with E-state index in [-0.39, 0.29) is 5.69 Å². The van der Waals surface area contributed by atoms with Crippen LogP contribution in [-0.2, 0) is 13.5 Å². The predicted molar refractivity (Wildman–Crippen MR) is 74.9 cm³/mol. The molecule has 2 aromatic rings. The normalized spacial score (nSPS) is 10.8. The van der Waals surface area contributed by atoms with Crippen molar-refractivity contribution >= 4 is 27.7 Å². The van der Waals surface area contributed by atoms with Crippen molar-refractivity contribution in [3.63, 3.8) is 0 Å². The Labute approximate surface area is 117 Å². The first kappa shape index (κ1) is 13.4. The van der Waals surface area contributed by atoms with Crippen molar-refractivity contribution in [3.8, 4) is 0 Å². The van der Waals surface area contributed by atoms with Crippen molar-refractivity contribution in [2.45, 2.75) is 16.5 Å². The maximum absolute atomic E-state index is 11.3. The topological polar surface area (TPSA) is 76.7 Å². The van der Waals surface area contributed by atoms with E-state index in [4.69, 9.17) is 5.73 Å². The zero-order chi connectivity index (χ0) is 13.1. The molecule has 18 heavy (non-hydrogen) atoms. The highest BCUT2D eigenvalue weighted by Gasteiger charge is 2.10. The molecule has 0 amide bonds. The number of hydrogen-bond acceptors (Lipinski definition) is 4. The third-order valence-corrected chi connectivity index (χ3v) is 4.14. The molecule has 1 heterocycles. The number of aromatic nitrogens is 3. The highest BCUT2D eigenvalue weighted by atomic mass is 79.9. The van der Waals surface area contributed by atoms with E-state index in [1.165, 1.54) is 16.3 Å². The summed E-state index contributed by atoms with van der Waals surface area (Å²) in [4.78, 5) is 12.4. The van der Waals surface area contributed by atoms with Gasteiger partial charge in [-0.25, -0.2) is 9.89 Å². The summed E-state index contributed by atoms with van der Waals surface area (Å²) in [5, 5.41) is 7.04. The Morgan fingerprint density at radius 2 is 2.33 bits per heavy atom. The van der Waals surface area contributed by atoms with E-state index < -0.39 is 0 Å². The Bertz CT molecular complexity index is 607. The molecule has 0 bridgehead atoms. The van der Waals surface area contributed by atoms with Gasteiger partial charge in [0.25, 0.3) is 0 Å². The van der Waals surface area contributed by atoms with Crippen LogP contribution < -0.4 is 11.4 Å². The SMILES string of the molecule is Cn1c(Sc2ccc(Br)cc2CCN)n[nH]c1=O. The number of rotatable bonds is 4. The van der Waals surface area contributed by atoms with E-state index in [2.05, 4.69) is 26.1 Å². The van der Waals surface area contributed by atoms with E-state index >= 15 is 0 Å². The highest BCUT2D eigenvalue weighted by molar-refractivity contribution is 9.10. The minimum absolute atomic E-state index is 0.213. The largest absolute Gasteiger partial charge is 0.343 e. The molecule has 0 radical (unpaired) electrons. The van der Waals surface area contributed by atoms with Crippen LogP contribution in [0.25, 0.3) is 0 Å². The van der Waals surface area contributed by atoms with Gasteiger partial charge < -0.3 is 5.73 Å². The number of H-pyrrole nitrogens is 1. The highest BCUT2D eigenvalue weighted by Crippen LogP contribution is 2.30. The molecule has 1 aromatic carbocycles. The quantitative estimate of drug-likeness (QED) is 0.892. The summed E-state index contributed by atoms with van der Waals surface area (Å²) < 4.78 is 2.50. The summed E-state index contributed by atoms with van der Waals surface area (Å²) in [6.07, 6.45) is 0.792. The molecule has 2 rings (SSSR count). The summed E-state index contributed by atoms with van der Waals surface area (Å²) in [6.45, 7) is 0.587. The second-order valence-corrected chi connectivity index (χ2v) is 5.69. The molecule has 0 spiro atoms. The number of aromatic amines is 1. The van der Waals surface area contributed by atoms with Crippen LogP contribution in [-0.4, -0.2) is 21.3 Å². The predicted octanol–water partition coefficient (Wildman–Crippen LogP) is 1.52. The van der Waals surface area contributed by atoms with Crippen LogP contribution in [0.3, 0.4) is 0 Å². The first-order valence-corrected chi connectivity index (χ1v) is 7.00. The summed E-state index contributed by atoms with van der Waals surface area (Å²) in [7, 11) is 1.69. The lowest BCUT2D eigenvalue weighted by molar-refractivity contribution is 0.765. The van der Waals surface area contributed by atoms with Gasteiger partial charge in [-0.3, -0.25) is 4.57 Å². The van der Waals surface area contributed by atoms with Crippen LogP contribution in [0.1, 0.15) is 5.56 Å². The van der Waals surface area contributed by atoms with Gasteiger partial charge in [0.1, 0.15) is 0 Å². The fraction of sp³-hybridized carbons (Fsp3) is 0.273. The molecule has 0 unspecified atom stereocenters. The molecule has 7 heteroatoms.